The predicted octanol–water partition coefficient (Wildman–Crippen LogP) is 6.34. The summed E-state index contributed by atoms with van der Waals surface area (Å²) in [4.78, 5) is 18.6. The van der Waals surface area contributed by atoms with Crippen LogP contribution >= 0.6 is 11.8 Å². The molecular weight excluding hydrogens is 449 g/mol. The van der Waals surface area contributed by atoms with Crippen molar-refractivity contribution < 1.29 is 18.0 Å². The number of fused-ring (bicyclic) bond motifs is 2. The van der Waals surface area contributed by atoms with Gasteiger partial charge in [0.25, 0.3) is 0 Å². The number of carbonyl (C=O) groups excluding carboxylic acids is 1. The van der Waals surface area contributed by atoms with Crippen LogP contribution < -0.4 is 15.5 Å². The van der Waals surface area contributed by atoms with Crippen LogP contribution in [0.2, 0.25) is 0 Å². The molecule has 1 aliphatic heterocycles. The van der Waals surface area contributed by atoms with E-state index in [2.05, 4.69) is 15.6 Å². The number of anilines is 3. The van der Waals surface area contributed by atoms with Crippen molar-refractivity contribution in [3.05, 3.63) is 83.8 Å². The molecule has 5 rings (SSSR count). The van der Waals surface area contributed by atoms with Gasteiger partial charge in [0.15, 0.2) is 0 Å². The van der Waals surface area contributed by atoms with Crippen molar-refractivity contribution in [3.8, 4) is 0 Å². The summed E-state index contributed by atoms with van der Waals surface area (Å²) in [6, 6.07) is 12.9. The number of urea groups is 1. The molecule has 2 heterocycles. The summed E-state index contributed by atoms with van der Waals surface area (Å²) < 4.78 is 40.8. The molecule has 9 heteroatoms. The molecule has 168 valence electrons. The Balaban J connectivity index is 1.34. The lowest BCUT2D eigenvalue weighted by molar-refractivity contribution is 0.262. The lowest BCUT2D eigenvalue weighted by atomic mass is 10.1. The second-order valence-electron chi connectivity index (χ2n) is 7.70. The molecule has 0 radical (unpaired) electrons. The number of hydrogen-bond acceptors (Lipinski definition) is 3. The molecule has 1 aliphatic rings. The Labute approximate surface area is 192 Å². The molecule has 0 bridgehead atoms. The topological polar surface area (TPSA) is 60.2 Å². The van der Waals surface area contributed by atoms with E-state index in [1.807, 2.05) is 17.0 Å². The zero-order valence-electron chi connectivity index (χ0n) is 17.3. The second kappa shape index (κ2) is 8.74. The first-order chi connectivity index (χ1) is 15.9. The zero-order chi connectivity index (χ0) is 22.9. The van der Waals surface area contributed by atoms with Crippen LogP contribution in [0.25, 0.3) is 10.9 Å². The van der Waals surface area contributed by atoms with Crippen molar-refractivity contribution in [2.45, 2.75) is 11.4 Å². The van der Waals surface area contributed by atoms with Crippen LogP contribution in [0.5, 0.6) is 0 Å². The van der Waals surface area contributed by atoms with Crippen molar-refractivity contribution in [2.24, 2.45) is 0 Å². The Bertz CT molecular complexity index is 1340. The van der Waals surface area contributed by atoms with Gasteiger partial charge >= 0.3 is 6.03 Å². The van der Waals surface area contributed by atoms with Crippen molar-refractivity contribution in [1.82, 2.24) is 4.98 Å². The molecule has 0 saturated heterocycles. The molecule has 0 saturated carbocycles. The maximum atomic E-state index is 13.6. The van der Waals surface area contributed by atoms with E-state index in [1.165, 1.54) is 24.3 Å². The number of halogens is 3. The van der Waals surface area contributed by atoms with Gasteiger partial charge in [-0.05, 0) is 54.1 Å². The SMILES string of the molecule is O=C(Nc1ccc2c(c1)N(Cc1cc(F)cc(F)c1)CCS2)Nc1c[nH]c2ccc(F)cc12. The highest BCUT2D eigenvalue weighted by Crippen LogP contribution is 2.37. The summed E-state index contributed by atoms with van der Waals surface area (Å²) in [6.07, 6.45) is 1.60. The van der Waals surface area contributed by atoms with Crippen LogP contribution in [-0.4, -0.2) is 23.3 Å². The van der Waals surface area contributed by atoms with Gasteiger partial charge in [0, 0.05) is 52.6 Å². The van der Waals surface area contributed by atoms with Crippen LogP contribution in [-0.2, 0) is 6.54 Å². The first-order valence-corrected chi connectivity index (χ1v) is 11.2. The van der Waals surface area contributed by atoms with Gasteiger partial charge in [-0.3, -0.25) is 0 Å². The van der Waals surface area contributed by atoms with Gasteiger partial charge in [0.2, 0.25) is 0 Å². The molecule has 3 aromatic carbocycles. The molecule has 4 aromatic rings. The van der Waals surface area contributed by atoms with Crippen molar-refractivity contribution in [1.29, 1.82) is 0 Å². The highest BCUT2D eigenvalue weighted by atomic mass is 32.2. The highest BCUT2D eigenvalue weighted by molar-refractivity contribution is 7.99. The number of hydrogen-bond donors (Lipinski definition) is 3. The summed E-state index contributed by atoms with van der Waals surface area (Å²) in [5, 5.41) is 6.10. The molecular formula is C24H19F3N4OS. The Morgan fingerprint density at radius 1 is 0.970 bits per heavy atom. The fraction of sp³-hybridized carbons (Fsp3) is 0.125. The molecule has 0 atom stereocenters. The van der Waals surface area contributed by atoms with Gasteiger partial charge in [0.05, 0.1) is 11.4 Å². The monoisotopic (exact) mass is 468 g/mol. The zero-order valence-corrected chi connectivity index (χ0v) is 18.1. The quantitative estimate of drug-likeness (QED) is 0.328. The molecule has 5 nitrogen and oxygen atoms in total. The standard InChI is InChI=1S/C24H19F3N4OS/c25-15-1-3-20-19(10-15)21(12-28-20)30-24(32)29-18-2-4-23-22(11-18)31(5-6-33-23)13-14-7-16(26)9-17(27)8-14/h1-4,7-12,28H,5-6,13H2,(H2,29,30,32). The number of carbonyl (C=O) groups is 1. The molecule has 2 amide bonds. The minimum Gasteiger partial charge on any atom is -0.365 e. The van der Waals surface area contributed by atoms with Crippen molar-refractivity contribution in [2.75, 3.05) is 27.8 Å². The lowest BCUT2D eigenvalue weighted by Crippen LogP contribution is -2.29. The number of rotatable bonds is 4. The fourth-order valence-electron chi connectivity index (χ4n) is 3.92. The number of nitrogens with one attached hydrogen (secondary N) is 3. The fourth-order valence-corrected chi connectivity index (χ4v) is 4.95. The first kappa shape index (κ1) is 21.3. The van der Waals surface area contributed by atoms with Crippen LogP contribution in [0.4, 0.5) is 35.0 Å². The van der Waals surface area contributed by atoms with E-state index in [-0.39, 0.29) is 0 Å². The maximum Gasteiger partial charge on any atom is 0.323 e. The van der Waals surface area contributed by atoms with Crippen LogP contribution in [0.1, 0.15) is 5.56 Å². The number of aromatic nitrogens is 1. The van der Waals surface area contributed by atoms with Crippen molar-refractivity contribution in [3.63, 3.8) is 0 Å². The van der Waals surface area contributed by atoms with Gasteiger partial charge in [-0.2, -0.15) is 0 Å². The van der Waals surface area contributed by atoms with E-state index in [1.54, 1.807) is 30.1 Å². The smallest absolute Gasteiger partial charge is 0.323 e. The van der Waals surface area contributed by atoms with E-state index in [0.717, 1.165) is 22.4 Å². The van der Waals surface area contributed by atoms with Gasteiger partial charge in [0.1, 0.15) is 17.5 Å². The number of nitrogens with zero attached hydrogens (tertiary/aromatic N) is 1. The summed E-state index contributed by atoms with van der Waals surface area (Å²) in [6.45, 7) is 1.05. The van der Waals surface area contributed by atoms with Gasteiger partial charge in [-0.1, -0.05) is 0 Å². The maximum absolute atomic E-state index is 13.6. The summed E-state index contributed by atoms with van der Waals surface area (Å²) in [7, 11) is 0. The Kier molecular flexibility index (Phi) is 5.63. The number of benzene rings is 3. The van der Waals surface area contributed by atoms with Crippen molar-refractivity contribution >= 4 is 45.8 Å². The minimum atomic E-state index is -0.610. The molecule has 0 unspecified atom stereocenters. The third-order valence-corrected chi connectivity index (χ3v) is 6.41. The van der Waals surface area contributed by atoms with E-state index in [9.17, 15) is 18.0 Å². The van der Waals surface area contributed by atoms with E-state index in [4.69, 9.17) is 0 Å². The first-order valence-electron chi connectivity index (χ1n) is 10.3. The molecule has 0 fully saturated rings. The molecule has 3 N–H and O–H groups in total. The van der Waals surface area contributed by atoms with Gasteiger partial charge < -0.3 is 20.5 Å². The molecule has 33 heavy (non-hydrogen) atoms. The summed E-state index contributed by atoms with van der Waals surface area (Å²) >= 11 is 1.69. The Hall–Kier alpha value is -3.59. The third-order valence-electron chi connectivity index (χ3n) is 5.36. The Morgan fingerprint density at radius 2 is 1.79 bits per heavy atom. The van der Waals surface area contributed by atoms with E-state index >= 15 is 0 Å². The number of amides is 2. The summed E-state index contributed by atoms with van der Waals surface area (Å²) in [5.74, 6) is -0.771. The molecule has 1 aromatic heterocycles. The van der Waals surface area contributed by atoms with E-state index < -0.39 is 23.5 Å². The van der Waals surface area contributed by atoms with Gasteiger partial charge in [-0.25, -0.2) is 18.0 Å². The average molecular weight is 469 g/mol. The molecule has 0 aliphatic carbocycles. The number of thioether (sulfide) groups is 1. The van der Waals surface area contributed by atoms with Gasteiger partial charge in [-0.15, -0.1) is 11.8 Å². The largest absolute Gasteiger partial charge is 0.365 e. The highest BCUT2D eigenvalue weighted by Gasteiger charge is 2.19. The van der Waals surface area contributed by atoms with Crippen LogP contribution in [0.3, 0.4) is 0 Å². The summed E-state index contributed by atoms with van der Waals surface area (Å²) in [5.41, 5.74) is 3.15. The van der Waals surface area contributed by atoms with Crippen LogP contribution in [0.15, 0.2) is 65.7 Å². The van der Waals surface area contributed by atoms with E-state index in [0.29, 0.717) is 40.9 Å². The third kappa shape index (κ3) is 4.63. The second-order valence-corrected chi connectivity index (χ2v) is 8.84. The number of aromatic amines is 1. The Morgan fingerprint density at radius 3 is 2.61 bits per heavy atom. The lowest BCUT2D eigenvalue weighted by Gasteiger charge is -2.31. The number of H-pyrrole nitrogens is 1. The average Bonchev–Trinajstić information content (AvgIpc) is 3.15. The van der Waals surface area contributed by atoms with Crippen LogP contribution in [0, 0.1) is 17.5 Å². The predicted molar refractivity (Wildman–Crippen MR) is 125 cm³/mol. The normalized spacial score (nSPS) is 13.1. The molecule has 0 spiro atoms. The minimum absolute atomic E-state index is 0.346.